The number of benzene rings is 1. The molecule has 0 bridgehead atoms. The van der Waals surface area contributed by atoms with Crippen LogP contribution in [0, 0.1) is 0 Å². The Morgan fingerprint density at radius 3 is 2.80 bits per heavy atom. The van der Waals surface area contributed by atoms with Gasteiger partial charge in [0.25, 0.3) is 5.91 Å². The second-order valence-electron chi connectivity index (χ2n) is 4.35. The maximum Gasteiger partial charge on any atom is 0.255 e. The molecule has 0 fully saturated rings. The average molecular weight is 267 g/mol. The van der Waals surface area contributed by atoms with Gasteiger partial charge in [0.05, 0.1) is 17.3 Å². The van der Waals surface area contributed by atoms with E-state index in [0.29, 0.717) is 23.4 Å². The Balaban J connectivity index is 1.86. The van der Waals surface area contributed by atoms with E-state index in [1.165, 1.54) is 0 Å². The Hall–Kier alpha value is -2.73. The summed E-state index contributed by atoms with van der Waals surface area (Å²) in [4.78, 5) is 16.3. The van der Waals surface area contributed by atoms with E-state index < -0.39 is 0 Å². The third-order valence-electron chi connectivity index (χ3n) is 3.05. The van der Waals surface area contributed by atoms with Crippen molar-refractivity contribution in [3.63, 3.8) is 0 Å². The van der Waals surface area contributed by atoms with Crippen LogP contribution in [0.3, 0.4) is 0 Å². The van der Waals surface area contributed by atoms with Gasteiger partial charge in [-0.05, 0) is 23.8 Å². The zero-order valence-corrected chi connectivity index (χ0v) is 10.6. The van der Waals surface area contributed by atoms with Crippen molar-refractivity contribution in [3.8, 4) is 0 Å². The second-order valence-corrected chi connectivity index (χ2v) is 4.35. The Morgan fingerprint density at radius 1 is 1.25 bits per heavy atom. The number of amides is 1. The zero-order valence-electron chi connectivity index (χ0n) is 10.6. The molecule has 4 N–H and O–H groups in total. The van der Waals surface area contributed by atoms with Gasteiger partial charge in [-0.15, -0.1) is 0 Å². The largest absolute Gasteiger partial charge is 0.326 e. The van der Waals surface area contributed by atoms with E-state index in [2.05, 4.69) is 20.5 Å². The van der Waals surface area contributed by atoms with E-state index in [1.807, 2.05) is 12.1 Å². The minimum Gasteiger partial charge on any atom is -0.326 e. The van der Waals surface area contributed by atoms with Gasteiger partial charge in [-0.25, -0.2) is 4.98 Å². The maximum atomic E-state index is 12.2. The molecule has 1 aromatic carbocycles. The van der Waals surface area contributed by atoms with Crippen molar-refractivity contribution in [2.75, 3.05) is 5.32 Å². The van der Waals surface area contributed by atoms with Crippen LogP contribution in [0.1, 0.15) is 15.9 Å². The number of nitrogens with zero attached hydrogens (tertiary/aromatic N) is 2. The summed E-state index contributed by atoms with van der Waals surface area (Å²) in [7, 11) is 0. The van der Waals surface area contributed by atoms with Gasteiger partial charge in [0.1, 0.15) is 0 Å². The summed E-state index contributed by atoms with van der Waals surface area (Å²) < 4.78 is 0. The molecule has 3 rings (SSSR count). The number of anilines is 1. The van der Waals surface area contributed by atoms with Crippen molar-refractivity contribution in [1.82, 2.24) is 15.2 Å². The van der Waals surface area contributed by atoms with Crippen molar-refractivity contribution in [2.24, 2.45) is 5.73 Å². The number of hydrogen-bond donors (Lipinski definition) is 3. The Kier molecular flexibility index (Phi) is 3.14. The first-order chi connectivity index (χ1) is 9.78. The van der Waals surface area contributed by atoms with Crippen LogP contribution in [0.2, 0.25) is 0 Å². The van der Waals surface area contributed by atoms with E-state index in [9.17, 15) is 4.79 Å². The van der Waals surface area contributed by atoms with Crippen molar-refractivity contribution in [1.29, 1.82) is 0 Å². The first kappa shape index (κ1) is 12.3. The SMILES string of the molecule is NCc1ccc(C(=O)Nc2ccnc3[nH]ncc23)cc1. The number of rotatable bonds is 3. The van der Waals surface area contributed by atoms with Crippen LogP contribution in [0.15, 0.2) is 42.7 Å². The smallest absolute Gasteiger partial charge is 0.255 e. The molecule has 0 unspecified atom stereocenters. The first-order valence-electron chi connectivity index (χ1n) is 6.16. The number of pyridine rings is 1. The first-order valence-corrected chi connectivity index (χ1v) is 6.16. The normalized spacial score (nSPS) is 10.7. The molecular formula is C14H13N5O. The number of hydrogen-bond acceptors (Lipinski definition) is 4. The van der Waals surface area contributed by atoms with Crippen molar-refractivity contribution >= 4 is 22.6 Å². The fourth-order valence-electron chi connectivity index (χ4n) is 1.95. The zero-order chi connectivity index (χ0) is 13.9. The van der Waals surface area contributed by atoms with Gasteiger partial charge in [0, 0.05) is 18.3 Å². The van der Waals surface area contributed by atoms with E-state index in [0.717, 1.165) is 10.9 Å². The Bertz CT molecular complexity index is 748. The molecule has 100 valence electrons. The van der Waals surface area contributed by atoms with Crippen molar-refractivity contribution < 1.29 is 4.79 Å². The average Bonchev–Trinajstić information content (AvgIpc) is 2.97. The minimum atomic E-state index is -0.178. The predicted molar refractivity (Wildman–Crippen MR) is 76.2 cm³/mol. The van der Waals surface area contributed by atoms with Gasteiger partial charge < -0.3 is 11.1 Å². The highest BCUT2D eigenvalue weighted by molar-refractivity contribution is 6.08. The topological polar surface area (TPSA) is 96.7 Å². The van der Waals surface area contributed by atoms with Crippen LogP contribution in [0.4, 0.5) is 5.69 Å². The Labute approximate surface area is 115 Å². The number of carbonyl (C=O) groups excluding carboxylic acids is 1. The number of H-pyrrole nitrogens is 1. The van der Waals surface area contributed by atoms with Crippen molar-refractivity contribution in [3.05, 3.63) is 53.9 Å². The van der Waals surface area contributed by atoms with Gasteiger partial charge in [-0.3, -0.25) is 9.89 Å². The quantitative estimate of drug-likeness (QED) is 0.672. The van der Waals surface area contributed by atoms with Crippen LogP contribution < -0.4 is 11.1 Å². The second kappa shape index (κ2) is 5.10. The summed E-state index contributed by atoms with van der Waals surface area (Å²) in [5, 5.41) is 10.3. The van der Waals surface area contributed by atoms with Gasteiger partial charge in [0.2, 0.25) is 0 Å². The highest BCUT2D eigenvalue weighted by Gasteiger charge is 2.09. The van der Waals surface area contributed by atoms with E-state index >= 15 is 0 Å². The molecule has 0 aliphatic carbocycles. The summed E-state index contributed by atoms with van der Waals surface area (Å²) >= 11 is 0. The molecule has 0 radical (unpaired) electrons. The van der Waals surface area contributed by atoms with Crippen LogP contribution >= 0.6 is 0 Å². The third-order valence-corrected chi connectivity index (χ3v) is 3.05. The Morgan fingerprint density at radius 2 is 2.05 bits per heavy atom. The number of nitrogens with one attached hydrogen (secondary N) is 2. The number of fused-ring (bicyclic) bond motifs is 1. The highest BCUT2D eigenvalue weighted by atomic mass is 16.1. The number of aromatic nitrogens is 3. The summed E-state index contributed by atoms with van der Waals surface area (Å²) in [6.45, 7) is 0.460. The van der Waals surface area contributed by atoms with Gasteiger partial charge in [-0.2, -0.15) is 5.10 Å². The predicted octanol–water partition coefficient (Wildman–Crippen LogP) is 1.67. The van der Waals surface area contributed by atoms with Gasteiger partial charge >= 0.3 is 0 Å². The third kappa shape index (κ3) is 2.24. The number of carbonyl (C=O) groups is 1. The molecule has 6 heteroatoms. The van der Waals surface area contributed by atoms with Crippen LogP contribution in [0.25, 0.3) is 11.0 Å². The summed E-state index contributed by atoms with van der Waals surface area (Å²) in [5.74, 6) is -0.178. The number of aromatic amines is 1. The molecule has 0 aliphatic heterocycles. The van der Waals surface area contributed by atoms with Gasteiger partial charge in [-0.1, -0.05) is 12.1 Å². The highest BCUT2D eigenvalue weighted by Crippen LogP contribution is 2.19. The lowest BCUT2D eigenvalue weighted by Gasteiger charge is -2.06. The molecule has 1 amide bonds. The summed E-state index contributed by atoms with van der Waals surface area (Å²) in [6.07, 6.45) is 3.25. The molecule has 0 saturated heterocycles. The van der Waals surface area contributed by atoms with E-state index in [-0.39, 0.29) is 5.91 Å². The lowest BCUT2D eigenvalue weighted by atomic mass is 10.1. The summed E-state index contributed by atoms with van der Waals surface area (Å²) in [6, 6.07) is 8.93. The van der Waals surface area contributed by atoms with Crippen LogP contribution in [-0.4, -0.2) is 21.1 Å². The van der Waals surface area contributed by atoms with E-state index in [4.69, 9.17) is 5.73 Å². The molecule has 0 aliphatic rings. The maximum absolute atomic E-state index is 12.2. The molecule has 20 heavy (non-hydrogen) atoms. The van der Waals surface area contributed by atoms with Crippen LogP contribution in [-0.2, 0) is 6.54 Å². The lowest BCUT2D eigenvalue weighted by Crippen LogP contribution is -2.12. The molecular weight excluding hydrogens is 254 g/mol. The van der Waals surface area contributed by atoms with E-state index in [1.54, 1.807) is 30.6 Å². The molecule has 3 aromatic rings. The molecule has 0 spiro atoms. The fourth-order valence-corrected chi connectivity index (χ4v) is 1.95. The molecule has 2 heterocycles. The molecule has 0 atom stereocenters. The fraction of sp³-hybridized carbons (Fsp3) is 0.0714. The standard InChI is InChI=1S/C14H13N5O/c15-7-9-1-3-10(4-2-9)14(20)18-12-5-6-16-13-11(12)8-17-19-13/h1-6,8H,7,15H2,(H2,16,17,18,19,20). The molecule has 6 nitrogen and oxygen atoms in total. The lowest BCUT2D eigenvalue weighted by molar-refractivity contribution is 0.102. The molecule has 0 saturated carbocycles. The van der Waals surface area contributed by atoms with Crippen molar-refractivity contribution in [2.45, 2.75) is 6.54 Å². The minimum absolute atomic E-state index is 0.178. The van der Waals surface area contributed by atoms with Gasteiger partial charge in [0.15, 0.2) is 5.65 Å². The number of nitrogens with two attached hydrogens (primary N) is 1. The molecule has 2 aromatic heterocycles. The monoisotopic (exact) mass is 267 g/mol. The van der Waals surface area contributed by atoms with Crippen LogP contribution in [0.5, 0.6) is 0 Å². The summed E-state index contributed by atoms with van der Waals surface area (Å²) in [5.41, 5.74) is 8.42.